The van der Waals surface area contributed by atoms with Gasteiger partial charge in [0.15, 0.2) is 14.6 Å². The number of thiazole rings is 1. The average molecular weight is 482 g/mol. The van der Waals surface area contributed by atoms with Crippen LogP contribution >= 0.6 is 11.3 Å². The zero-order chi connectivity index (χ0) is 23.1. The molecule has 176 valence electrons. The van der Waals surface area contributed by atoms with E-state index in [1.165, 1.54) is 11.3 Å². The van der Waals surface area contributed by atoms with Crippen LogP contribution in [0.15, 0.2) is 29.3 Å². The summed E-state index contributed by atoms with van der Waals surface area (Å²) >= 11 is 1.33. The summed E-state index contributed by atoms with van der Waals surface area (Å²) in [6.45, 7) is 6.02. The van der Waals surface area contributed by atoms with E-state index in [9.17, 15) is 18.0 Å². The summed E-state index contributed by atoms with van der Waals surface area (Å²) in [7, 11) is -3.91. The molecule has 1 aromatic carbocycles. The molecule has 2 amide bonds. The van der Waals surface area contributed by atoms with E-state index < -0.39 is 33.2 Å². The number of hydrogen-bond donors (Lipinski definition) is 0. The molecule has 0 aliphatic carbocycles. The fourth-order valence-electron chi connectivity index (χ4n) is 4.02. The van der Waals surface area contributed by atoms with Crippen molar-refractivity contribution in [3.05, 3.63) is 29.1 Å². The second kappa shape index (κ2) is 11.2. The first kappa shape index (κ1) is 24.6. The number of hydrogen-bond acceptors (Lipinski definition) is 6. The summed E-state index contributed by atoms with van der Waals surface area (Å²) in [5.74, 6) is -2.61. The molecule has 1 aliphatic heterocycles. The van der Waals surface area contributed by atoms with E-state index in [1.54, 1.807) is 4.90 Å². The number of amides is 2. The van der Waals surface area contributed by atoms with Crippen LogP contribution in [0.1, 0.15) is 39.5 Å². The third-order valence-electron chi connectivity index (χ3n) is 5.58. The number of fused-ring (bicyclic) bond motifs is 1. The molecular formula is C22H31N3O5S2. The Morgan fingerprint density at radius 3 is 2.72 bits per heavy atom. The first-order valence-electron chi connectivity index (χ1n) is 11.1. The lowest BCUT2D eigenvalue weighted by Crippen LogP contribution is -2.46. The molecule has 1 unspecified atom stereocenters. The molecule has 2 aromatic rings. The van der Waals surface area contributed by atoms with Crippen molar-refractivity contribution in [2.45, 2.75) is 52.1 Å². The van der Waals surface area contributed by atoms with Crippen LogP contribution in [0, 0.1) is 0 Å². The Hall–Kier alpha value is -2.04. The molecule has 0 saturated carbocycles. The van der Waals surface area contributed by atoms with Gasteiger partial charge in [-0.1, -0.05) is 30.4 Å². The highest BCUT2D eigenvalue weighted by Crippen LogP contribution is 2.20. The minimum atomic E-state index is -3.91. The predicted molar refractivity (Wildman–Crippen MR) is 125 cm³/mol. The highest BCUT2D eigenvalue weighted by Gasteiger charge is 2.29. The van der Waals surface area contributed by atoms with Crippen molar-refractivity contribution in [3.63, 3.8) is 0 Å². The normalized spacial score (nSPS) is 17.8. The molecule has 1 atom stereocenters. The summed E-state index contributed by atoms with van der Waals surface area (Å²) in [6, 6.07) is 7.74. The second-order valence-corrected chi connectivity index (χ2v) is 11.0. The molecule has 2 heterocycles. The van der Waals surface area contributed by atoms with Gasteiger partial charge in [-0.25, -0.2) is 8.42 Å². The van der Waals surface area contributed by atoms with Crippen molar-refractivity contribution in [2.75, 3.05) is 31.3 Å². The van der Waals surface area contributed by atoms with E-state index in [0.29, 0.717) is 31.1 Å². The topological polar surface area (TPSA) is 98.0 Å². The third-order valence-corrected chi connectivity index (χ3v) is 8.01. The molecule has 0 bridgehead atoms. The Bertz CT molecular complexity index is 1120. The molecule has 1 saturated heterocycles. The maximum atomic E-state index is 12.6. The number of carbonyl (C=O) groups is 2. The van der Waals surface area contributed by atoms with Crippen molar-refractivity contribution >= 4 is 43.2 Å². The molecule has 10 heteroatoms. The molecule has 0 radical (unpaired) electrons. The lowest BCUT2D eigenvalue weighted by molar-refractivity contribution is -0.132. The van der Waals surface area contributed by atoms with Crippen LogP contribution in [-0.4, -0.2) is 67.0 Å². The minimum Gasteiger partial charge on any atom is -0.380 e. The van der Waals surface area contributed by atoms with E-state index in [4.69, 9.17) is 4.74 Å². The molecule has 1 fully saturated rings. The number of likely N-dealkylation sites (tertiary alicyclic amines) is 1. The van der Waals surface area contributed by atoms with Gasteiger partial charge in [-0.2, -0.15) is 4.99 Å². The number of aromatic nitrogens is 1. The van der Waals surface area contributed by atoms with Gasteiger partial charge < -0.3 is 14.2 Å². The molecule has 3 rings (SSSR count). The number of rotatable bonds is 9. The van der Waals surface area contributed by atoms with Crippen LogP contribution in [-0.2, 0) is 30.7 Å². The standard InChI is InChI=1S/C22H31N3O5S2/c1-3-17-9-7-8-12-24(17)21(27)16-32(28,29)15-20(26)23-22-25(13-14-30-4-2)18-10-5-6-11-19(18)31-22/h5-6,10-11,17H,3-4,7-9,12-16H2,1-2H3. The molecule has 1 aromatic heterocycles. The van der Waals surface area contributed by atoms with Gasteiger partial charge in [-0.3, -0.25) is 9.59 Å². The van der Waals surface area contributed by atoms with Gasteiger partial charge in [0.25, 0.3) is 5.91 Å². The largest absolute Gasteiger partial charge is 0.380 e. The van der Waals surface area contributed by atoms with Crippen LogP contribution in [0.5, 0.6) is 0 Å². The number of benzene rings is 1. The summed E-state index contributed by atoms with van der Waals surface area (Å²) in [5, 5.41) is 0. The zero-order valence-corrected chi connectivity index (χ0v) is 20.3. The van der Waals surface area contributed by atoms with Crippen molar-refractivity contribution < 1.29 is 22.7 Å². The number of nitrogens with zero attached hydrogens (tertiary/aromatic N) is 3. The van der Waals surface area contributed by atoms with Crippen LogP contribution in [0.4, 0.5) is 0 Å². The Kier molecular flexibility index (Phi) is 8.61. The van der Waals surface area contributed by atoms with E-state index in [0.717, 1.165) is 35.9 Å². The van der Waals surface area contributed by atoms with Crippen molar-refractivity contribution in [1.29, 1.82) is 0 Å². The van der Waals surface area contributed by atoms with Gasteiger partial charge in [-0.15, -0.1) is 0 Å². The van der Waals surface area contributed by atoms with Crippen molar-refractivity contribution in [3.8, 4) is 0 Å². The van der Waals surface area contributed by atoms with E-state index in [-0.39, 0.29) is 6.04 Å². The summed E-state index contributed by atoms with van der Waals surface area (Å²) in [4.78, 5) is 31.4. The predicted octanol–water partition coefficient (Wildman–Crippen LogP) is 2.37. The van der Waals surface area contributed by atoms with Gasteiger partial charge in [0, 0.05) is 25.7 Å². The number of piperidine rings is 1. The smallest absolute Gasteiger partial charge is 0.263 e. The summed E-state index contributed by atoms with van der Waals surface area (Å²) in [6.07, 6.45) is 3.62. The van der Waals surface area contributed by atoms with Gasteiger partial charge in [0.05, 0.1) is 16.8 Å². The highest BCUT2D eigenvalue weighted by atomic mass is 32.2. The van der Waals surface area contributed by atoms with E-state index in [1.807, 2.05) is 42.7 Å². The average Bonchev–Trinajstić information content (AvgIpc) is 3.10. The van der Waals surface area contributed by atoms with E-state index >= 15 is 0 Å². The molecule has 0 spiro atoms. The van der Waals surface area contributed by atoms with Crippen molar-refractivity contribution in [2.24, 2.45) is 4.99 Å². The summed E-state index contributed by atoms with van der Waals surface area (Å²) < 4.78 is 33.4. The molecule has 1 aliphatic rings. The van der Waals surface area contributed by atoms with Gasteiger partial charge >= 0.3 is 0 Å². The second-order valence-electron chi connectivity index (χ2n) is 7.88. The quantitative estimate of drug-likeness (QED) is 0.512. The number of sulfone groups is 1. The van der Waals surface area contributed by atoms with Crippen LogP contribution < -0.4 is 4.80 Å². The monoisotopic (exact) mass is 481 g/mol. The first-order chi connectivity index (χ1) is 15.3. The number of para-hydroxylation sites is 1. The van der Waals surface area contributed by atoms with Crippen molar-refractivity contribution in [1.82, 2.24) is 9.47 Å². The fourth-order valence-corrected chi connectivity index (χ4v) is 6.18. The van der Waals surface area contributed by atoms with Crippen LogP contribution in [0.25, 0.3) is 10.2 Å². The molecule has 32 heavy (non-hydrogen) atoms. The lowest BCUT2D eigenvalue weighted by atomic mass is 10.0. The first-order valence-corrected chi connectivity index (χ1v) is 13.7. The van der Waals surface area contributed by atoms with Gasteiger partial charge in [0.2, 0.25) is 5.91 Å². The number of carbonyl (C=O) groups excluding carboxylic acids is 2. The molecular weight excluding hydrogens is 450 g/mol. The summed E-state index contributed by atoms with van der Waals surface area (Å²) in [5.41, 5.74) is 0.914. The Morgan fingerprint density at radius 2 is 1.97 bits per heavy atom. The molecule has 0 N–H and O–H groups in total. The number of ether oxygens (including phenoxy) is 1. The van der Waals surface area contributed by atoms with Crippen LogP contribution in [0.3, 0.4) is 0 Å². The van der Waals surface area contributed by atoms with Gasteiger partial charge in [-0.05, 0) is 44.7 Å². The lowest BCUT2D eigenvalue weighted by Gasteiger charge is -2.35. The van der Waals surface area contributed by atoms with Crippen LogP contribution in [0.2, 0.25) is 0 Å². The zero-order valence-electron chi connectivity index (χ0n) is 18.7. The maximum Gasteiger partial charge on any atom is 0.263 e. The maximum absolute atomic E-state index is 12.6. The van der Waals surface area contributed by atoms with E-state index in [2.05, 4.69) is 4.99 Å². The Balaban J connectivity index is 1.75. The Labute approximate surface area is 192 Å². The fraction of sp³-hybridized carbons (Fsp3) is 0.591. The molecule has 8 nitrogen and oxygen atoms in total. The SMILES string of the molecule is CCOCCn1c(=NC(=O)CS(=O)(=O)CC(=O)N2CCCCC2CC)sc2ccccc21. The minimum absolute atomic E-state index is 0.0784. The van der Waals surface area contributed by atoms with Gasteiger partial charge in [0.1, 0.15) is 11.5 Å². The highest BCUT2D eigenvalue weighted by molar-refractivity contribution is 7.92. The Morgan fingerprint density at radius 1 is 1.19 bits per heavy atom. The third kappa shape index (κ3) is 6.26.